The van der Waals surface area contributed by atoms with E-state index in [1.165, 1.54) is 18.9 Å². The Morgan fingerprint density at radius 1 is 0.844 bits per heavy atom. The molecule has 0 fully saturated rings. The van der Waals surface area contributed by atoms with Crippen LogP contribution in [0.5, 0.6) is 5.75 Å². The number of amides is 3. The number of nitrogens with one attached hydrogen (secondary N) is 3. The topological polar surface area (TPSA) is 79.5 Å². The first-order chi connectivity index (χ1) is 15.3. The van der Waals surface area contributed by atoms with Crippen LogP contribution in [0.4, 0.5) is 21.9 Å². The van der Waals surface area contributed by atoms with Crippen molar-refractivity contribution in [2.45, 2.75) is 23.5 Å². The molecule has 0 aliphatic rings. The van der Waals surface area contributed by atoms with Gasteiger partial charge < -0.3 is 20.7 Å². The molecule has 0 heterocycles. The Morgan fingerprint density at radius 3 is 2.03 bits per heavy atom. The number of anilines is 3. The molecule has 0 unspecified atom stereocenters. The maximum absolute atomic E-state index is 12.8. The molecule has 0 aromatic heterocycles. The molecule has 0 saturated carbocycles. The Morgan fingerprint density at radius 2 is 1.44 bits per heavy atom. The van der Waals surface area contributed by atoms with Crippen molar-refractivity contribution in [1.29, 1.82) is 0 Å². The van der Waals surface area contributed by atoms with E-state index in [9.17, 15) is 9.59 Å². The van der Waals surface area contributed by atoms with Gasteiger partial charge in [0.25, 0.3) is 0 Å². The summed E-state index contributed by atoms with van der Waals surface area (Å²) in [6.45, 7) is 3.69. The van der Waals surface area contributed by atoms with Crippen LogP contribution in [0, 0.1) is 0 Å². The first-order valence-corrected chi connectivity index (χ1v) is 11.0. The second-order valence-corrected chi connectivity index (χ2v) is 9.49. The van der Waals surface area contributed by atoms with Crippen LogP contribution in [-0.4, -0.2) is 23.8 Å². The van der Waals surface area contributed by atoms with Crippen LogP contribution >= 0.6 is 23.4 Å². The minimum atomic E-state index is -0.744. The van der Waals surface area contributed by atoms with Gasteiger partial charge in [-0.2, -0.15) is 0 Å². The smallest absolute Gasteiger partial charge is 0.323 e. The number of ether oxygens (including phenoxy) is 1. The van der Waals surface area contributed by atoms with Gasteiger partial charge in [-0.1, -0.05) is 29.8 Å². The number of hydrogen-bond acceptors (Lipinski definition) is 4. The number of methoxy groups -OCH3 is 1. The third-order valence-electron chi connectivity index (χ3n) is 4.47. The first-order valence-electron chi connectivity index (χ1n) is 9.84. The number of carbonyl (C=O) groups is 2. The number of halogens is 1. The summed E-state index contributed by atoms with van der Waals surface area (Å²) in [5.41, 5.74) is 1.96. The van der Waals surface area contributed by atoms with Gasteiger partial charge >= 0.3 is 6.03 Å². The summed E-state index contributed by atoms with van der Waals surface area (Å²) in [5.74, 6) is 0.387. The van der Waals surface area contributed by atoms with Gasteiger partial charge in [-0.25, -0.2) is 4.79 Å². The average molecular weight is 470 g/mol. The Labute approximate surface area is 196 Å². The summed E-state index contributed by atoms with van der Waals surface area (Å²) < 4.78 is 4.39. The number of benzene rings is 3. The SMILES string of the molecule is COc1ccc(NC(=O)C(C)(C)Sc2ccc(NC(=O)Nc3ccccc3)cc2)cc1Cl. The Hall–Kier alpha value is -3.16. The van der Waals surface area contributed by atoms with Crippen molar-refractivity contribution in [3.05, 3.63) is 77.8 Å². The predicted molar refractivity (Wildman–Crippen MR) is 132 cm³/mol. The highest BCUT2D eigenvalue weighted by Crippen LogP contribution is 2.35. The molecule has 0 saturated heterocycles. The molecule has 6 nitrogen and oxygen atoms in total. The zero-order chi connectivity index (χ0) is 23.1. The highest BCUT2D eigenvalue weighted by atomic mass is 35.5. The van der Waals surface area contributed by atoms with Gasteiger partial charge in [0.2, 0.25) is 5.91 Å². The van der Waals surface area contributed by atoms with Crippen molar-refractivity contribution >= 4 is 52.4 Å². The number of urea groups is 1. The highest BCUT2D eigenvalue weighted by Gasteiger charge is 2.29. The lowest BCUT2D eigenvalue weighted by Gasteiger charge is -2.23. The third kappa shape index (κ3) is 6.42. The molecule has 0 atom stereocenters. The van der Waals surface area contributed by atoms with Gasteiger partial charge in [-0.3, -0.25) is 4.79 Å². The van der Waals surface area contributed by atoms with Gasteiger partial charge in [-0.15, -0.1) is 11.8 Å². The molecular formula is C24H24ClN3O3S. The molecule has 3 aromatic rings. The van der Waals surface area contributed by atoms with Crippen LogP contribution < -0.4 is 20.7 Å². The molecular weight excluding hydrogens is 446 g/mol. The molecule has 8 heteroatoms. The standard InChI is InChI=1S/C24H24ClN3O3S/c1-24(2,22(29)26-18-11-14-21(31-3)20(25)15-18)32-19-12-9-17(10-13-19)28-23(30)27-16-7-5-4-6-8-16/h4-15H,1-3H3,(H,26,29)(H2,27,28,30). The number of rotatable bonds is 7. The largest absolute Gasteiger partial charge is 0.495 e. The van der Waals surface area contributed by atoms with E-state index in [0.29, 0.717) is 27.8 Å². The number of carbonyl (C=O) groups excluding carboxylic acids is 2. The number of hydrogen-bond donors (Lipinski definition) is 3. The van der Waals surface area contributed by atoms with Crippen molar-refractivity contribution in [1.82, 2.24) is 0 Å². The molecule has 0 spiro atoms. The van der Waals surface area contributed by atoms with Crippen LogP contribution in [0.2, 0.25) is 5.02 Å². The van der Waals surface area contributed by atoms with Crippen molar-refractivity contribution in [2.24, 2.45) is 0 Å². The van der Waals surface area contributed by atoms with Gasteiger partial charge in [0, 0.05) is 22.0 Å². The maximum Gasteiger partial charge on any atom is 0.323 e. The summed E-state index contributed by atoms with van der Waals surface area (Å²) in [6.07, 6.45) is 0. The maximum atomic E-state index is 12.8. The Kier molecular flexibility index (Phi) is 7.66. The van der Waals surface area contributed by atoms with Gasteiger partial charge in [0.1, 0.15) is 5.75 Å². The molecule has 32 heavy (non-hydrogen) atoms. The quantitative estimate of drug-likeness (QED) is 0.345. The van der Waals surface area contributed by atoms with E-state index in [4.69, 9.17) is 16.3 Å². The summed E-state index contributed by atoms with van der Waals surface area (Å²) >= 11 is 7.55. The van der Waals surface area contributed by atoms with Gasteiger partial charge in [0.15, 0.2) is 0 Å². The zero-order valence-electron chi connectivity index (χ0n) is 17.9. The lowest BCUT2D eigenvalue weighted by Crippen LogP contribution is -2.33. The fourth-order valence-corrected chi connectivity index (χ4v) is 4.05. The van der Waals surface area contributed by atoms with Crippen LogP contribution in [0.3, 0.4) is 0 Å². The monoisotopic (exact) mass is 469 g/mol. The fraction of sp³-hybridized carbons (Fsp3) is 0.167. The summed E-state index contributed by atoms with van der Waals surface area (Å²) in [5, 5.41) is 8.87. The van der Waals surface area contributed by atoms with Crippen molar-refractivity contribution < 1.29 is 14.3 Å². The van der Waals surface area contributed by atoms with E-state index in [-0.39, 0.29) is 11.9 Å². The highest BCUT2D eigenvalue weighted by molar-refractivity contribution is 8.01. The number of thioether (sulfide) groups is 1. The molecule has 3 rings (SSSR count). The summed E-state index contributed by atoms with van der Waals surface area (Å²) in [4.78, 5) is 25.8. The van der Waals surface area contributed by atoms with Crippen LogP contribution in [0.25, 0.3) is 0 Å². The molecule has 166 valence electrons. The van der Waals surface area contributed by atoms with Crippen molar-refractivity contribution in [3.8, 4) is 5.75 Å². The molecule has 0 aliphatic heterocycles. The normalized spacial score (nSPS) is 10.9. The van der Waals surface area contributed by atoms with E-state index < -0.39 is 4.75 Å². The minimum absolute atomic E-state index is 0.159. The summed E-state index contributed by atoms with van der Waals surface area (Å²) in [7, 11) is 1.54. The lowest BCUT2D eigenvalue weighted by atomic mass is 10.2. The van der Waals surface area contributed by atoms with E-state index in [0.717, 1.165) is 4.90 Å². The van der Waals surface area contributed by atoms with Crippen LogP contribution in [0.15, 0.2) is 77.7 Å². The third-order valence-corrected chi connectivity index (χ3v) is 5.97. The van der Waals surface area contributed by atoms with E-state index in [2.05, 4.69) is 16.0 Å². The van der Waals surface area contributed by atoms with E-state index in [1.54, 1.807) is 30.3 Å². The molecule has 3 aromatic carbocycles. The van der Waals surface area contributed by atoms with E-state index >= 15 is 0 Å². The van der Waals surface area contributed by atoms with Gasteiger partial charge in [-0.05, 0) is 68.4 Å². The molecule has 0 bridgehead atoms. The molecule has 3 N–H and O–H groups in total. The van der Waals surface area contributed by atoms with Gasteiger partial charge in [0.05, 0.1) is 16.9 Å². The second kappa shape index (κ2) is 10.4. The zero-order valence-corrected chi connectivity index (χ0v) is 19.5. The van der Waals surface area contributed by atoms with Crippen molar-refractivity contribution in [2.75, 3.05) is 23.1 Å². The first kappa shape index (κ1) is 23.5. The second-order valence-electron chi connectivity index (χ2n) is 7.39. The Bertz CT molecular complexity index is 1090. The van der Waals surface area contributed by atoms with Crippen LogP contribution in [-0.2, 0) is 4.79 Å². The molecule has 0 aliphatic carbocycles. The average Bonchev–Trinajstić information content (AvgIpc) is 2.75. The lowest BCUT2D eigenvalue weighted by molar-refractivity contribution is -0.117. The number of para-hydroxylation sites is 1. The van der Waals surface area contributed by atoms with E-state index in [1.807, 2.05) is 56.3 Å². The summed E-state index contributed by atoms with van der Waals surface area (Å²) in [6, 6.07) is 21.3. The predicted octanol–water partition coefficient (Wildman–Crippen LogP) is 6.50. The van der Waals surface area contributed by atoms with Crippen LogP contribution in [0.1, 0.15) is 13.8 Å². The molecule has 0 radical (unpaired) electrons. The minimum Gasteiger partial charge on any atom is -0.495 e. The van der Waals surface area contributed by atoms with Crippen molar-refractivity contribution in [3.63, 3.8) is 0 Å². The fourth-order valence-electron chi connectivity index (χ4n) is 2.79. The molecule has 3 amide bonds. The Balaban J connectivity index is 1.57.